The molecule has 0 bridgehead atoms. The fraction of sp³-hybridized carbons (Fsp3) is 0.333. The van der Waals surface area contributed by atoms with Gasteiger partial charge in [0.05, 0.1) is 18.2 Å². The summed E-state index contributed by atoms with van der Waals surface area (Å²) in [4.78, 5) is 9.62. The molecular formula is C18H16F4N6O2. The van der Waals surface area contributed by atoms with Crippen LogP contribution in [0.5, 0.6) is 6.08 Å². The number of benzene rings is 1. The highest BCUT2D eigenvalue weighted by molar-refractivity contribution is 5.53. The predicted octanol–water partition coefficient (Wildman–Crippen LogP) is 3.68. The van der Waals surface area contributed by atoms with Crippen LogP contribution in [0.1, 0.15) is 35.9 Å². The largest absolute Gasteiger partial charge is 0.465 e. The van der Waals surface area contributed by atoms with E-state index in [-0.39, 0.29) is 30.1 Å². The topological polar surface area (TPSA) is 100 Å². The summed E-state index contributed by atoms with van der Waals surface area (Å²) in [5.41, 5.74) is -0.0862. The third-order valence-electron chi connectivity index (χ3n) is 4.78. The van der Waals surface area contributed by atoms with Crippen LogP contribution >= 0.6 is 0 Å². The van der Waals surface area contributed by atoms with Gasteiger partial charge >= 0.3 is 12.3 Å². The zero-order chi connectivity index (χ0) is 21.3. The average molecular weight is 424 g/mol. The van der Waals surface area contributed by atoms with Gasteiger partial charge in [0, 0.05) is 6.54 Å². The molecule has 0 amide bonds. The number of alkyl halides is 3. The highest BCUT2D eigenvalue weighted by atomic mass is 19.4. The summed E-state index contributed by atoms with van der Waals surface area (Å²) in [6.45, 7) is 0.430. The van der Waals surface area contributed by atoms with E-state index in [9.17, 15) is 13.2 Å². The van der Waals surface area contributed by atoms with Crippen LogP contribution in [-0.2, 0) is 12.7 Å². The molecule has 1 fully saturated rings. The molecule has 0 spiro atoms. The Morgan fingerprint density at radius 3 is 2.60 bits per heavy atom. The molecule has 1 unspecified atom stereocenters. The molecule has 1 aromatic carbocycles. The maximum Gasteiger partial charge on any atom is 0.416 e. The van der Waals surface area contributed by atoms with Crippen molar-refractivity contribution < 1.29 is 27.1 Å². The van der Waals surface area contributed by atoms with E-state index >= 15 is 4.39 Å². The molecule has 1 aliphatic heterocycles. The molecule has 3 heterocycles. The molecule has 3 aromatic rings. The van der Waals surface area contributed by atoms with Crippen molar-refractivity contribution in [1.29, 1.82) is 0 Å². The van der Waals surface area contributed by atoms with Crippen molar-refractivity contribution in [3.05, 3.63) is 53.4 Å². The van der Waals surface area contributed by atoms with Crippen LogP contribution in [0.3, 0.4) is 0 Å². The van der Waals surface area contributed by atoms with E-state index in [1.165, 1.54) is 18.5 Å². The van der Waals surface area contributed by atoms with Crippen LogP contribution in [-0.4, -0.2) is 31.8 Å². The average Bonchev–Trinajstić information content (AvgIpc) is 3.36. The number of halogens is 4. The van der Waals surface area contributed by atoms with Gasteiger partial charge < -0.3 is 19.7 Å². The summed E-state index contributed by atoms with van der Waals surface area (Å²) in [6.07, 6.45) is -2.44. The molecule has 0 radical (unpaired) electrons. The lowest BCUT2D eigenvalue weighted by Gasteiger charge is -2.27. The SMILES string of the molecule is Oc1nnc(CNc2ncnc(N3CCCC3c3ccc(C(F)(F)F)cc3)c2F)o1. The van der Waals surface area contributed by atoms with Crippen molar-refractivity contribution in [2.24, 2.45) is 0 Å². The normalized spacial score (nSPS) is 16.8. The van der Waals surface area contributed by atoms with Crippen LogP contribution in [0.4, 0.5) is 29.2 Å². The van der Waals surface area contributed by atoms with E-state index in [1.54, 1.807) is 4.90 Å². The minimum absolute atomic E-state index is 0.0378. The molecule has 158 valence electrons. The van der Waals surface area contributed by atoms with E-state index in [0.717, 1.165) is 18.6 Å². The van der Waals surface area contributed by atoms with Crippen LogP contribution in [0, 0.1) is 5.82 Å². The van der Waals surface area contributed by atoms with E-state index in [0.29, 0.717) is 18.5 Å². The highest BCUT2D eigenvalue weighted by Crippen LogP contribution is 2.38. The Balaban J connectivity index is 1.55. The van der Waals surface area contributed by atoms with Gasteiger partial charge in [0.1, 0.15) is 6.33 Å². The Bertz CT molecular complexity index is 1020. The van der Waals surface area contributed by atoms with Gasteiger partial charge in [-0.1, -0.05) is 17.2 Å². The van der Waals surface area contributed by atoms with Crippen molar-refractivity contribution in [1.82, 2.24) is 20.2 Å². The molecule has 0 aliphatic carbocycles. The van der Waals surface area contributed by atoms with Gasteiger partial charge in [0.15, 0.2) is 11.6 Å². The van der Waals surface area contributed by atoms with E-state index in [2.05, 4.69) is 25.5 Å². The van der Waals surface area contributed by atoms with Gasteiger partial charge in [-0.3, -0.25) is 0 Å². The second-order valence-corrected chi connectivity index (χ2v) is 6.66. The summed E-state index contributed by atoms with van der Waals surface area (Å²) in [5, 5.41) is 18.6. The Morgan fingerprint density at radius 2 is 1.93 bits per heavy atom. The number of hydrogen-bond acceptors (Lipinski definition) is 8. The van der Waals surface area contributed by atoms with Crippen molar-refractivity contribution in [2.75, 3.05) is 16.8 Å². The summed E-state index contributed by atoms with van der Waals surface area (Å²) < 4.78 is 58.3. The monoisotopic (exact) mass is 424 g/mol. The number of hydrogen-bond donors (Lipinski definition) is 2. The van der Waals surface area contributed by atoms with E-state index in [4.69, 9.17) is 9.52 Å². The second kappa shape index (κ2) is 7.76. The van der Waals surface area contributed by atoms with E-state index < -0.39 is 23.6 Å². The first-order chi connectivity index (χ1) is 14.3. The lowest BCUT2D eigenvalue weighted by Crippen LogP contribution is -2.25. The van der Waals surface area contributed by atoms with E-state index in [1.807, 2.05) is 0 Å². The van der Waals surface area contributed by atoms with Gasteiger partial charge in [-0.25, -0.2) is 9.97 Å². The fourth-order valence-electron chi connectivity index (χ4n) is 3.42. The zero-order valence-electron chi connectivity index (χ0n) is 15.4. The first-order valence-electron chi connectivity index (χ1n) is 9.02. The minimum atomic E-state index is -4.41. The summed E-state index contributed by atoms with van der Waals surface area (Å²) >= 11 is 0. The Morgan fingerprint density at radius 1 is 1.17 bits per heavy atom. The maximum absolute atomic E-state index is 15.0. The molecule has 2 aromatic heterocycles. The van der Waals surface area contributed by atoms with Gasteiger partial charge in [0.25, 0.3) is 0 Å². The minimum Gasteiger partial charge on any atom is -0.465 e. The van der Waals surface area contributed by atoms with Crippen LogP contribution in [0.25, 0.3) is 0 Å². The molecule has 2 N–H and O–H groups in total. The van der Waals surface area contributed by atoms with Crippen molar-refractivity contribution >= 4 is 11.6 Å². The molecule has 1 saturated heterocycles. The Hall–Kier alpha value is -3.44. The number of aromatic nitrogens is 4. The van der Waals surface area contributed by atoms with Gasteiger partial charge in [-0.2, -0.15) is 17.6 Å². The van der Waals surface area contributed by atoms with Gasteiger partial charge in [-0.05, 0) is 30.5 Å². The summed E-state index contributed by atoms with van der Waals surface area (Å²) in [6, 6.07) is 4.56. The second-order valence-electron chi connectivity index (χ2n) is 6.66. The summed E-state index contributed by atoms with van der Waals surface area (Å²) in [5.74, 6) is -0.727. The first-order valence-corrected chi connectivity index (χ1v) is 9.02. The highest BCUT2D eigenvalue weighted by Gasteiger charge is 2.33. The molecule has 30 heavy (non-hydrogen) atoms. The first kappa shape index (κ1) is 19.9. The van der Waals surface area contributed by atoms with Crippen molar-refractivity contribution in [3.63, 3.8) is 0 Å². The quantitative estimate of drug-likeness (QED) is 0.599. The van der Waals surface area contributed by atoms with Crippen LogP contribution in [0.15, 0.2) is 35.0 Å². The third kappa shape index (κ3) is 3.98. The van der Waals surface area contributed by atoms with Crippen LogP contribution < -0.4 is 10.2 Å². The molecular weight excluding hydrogens is 408 g/mol. The molecule has 1 aliphatic rings. The third-order valence-corrected chi connectivity index (χ3v) is 4.78. The molecule has 12 heteroatoms. The molecule has 8 nitrogen and oxygen atoms in total. The fourth-order valence-corrected chi connectivity index (χ4v) is 3.42. The predicted molar refractivity (Wildman–Crippen MR) is 96.0 cm³/mol. The number of nitrogens with one attached hydrogen (secondary N) is 1. The Labute approximate surface area is 167 Å². The molecule has 1 atom stereocenters. The lowest BCUT2D eigenvalue weighted by atomic mass is 10.0. The smallest absolute Gasteiger partial charge is 0.416 e. The standard InChI is InChI=1S/C18H16F4N6O2/c19-14-15(23-8-13-26-27-17(29)30-13)24-9-25-16(14)28-7-1-2-12(28)10-3-5-11(6-4-10)18(20,21)22/h3-6,9,12H,1-2,7-8H2,(H,27,29)(H,23,24,25). The molecule has 0 saturated carbocycles. The maximum atomic E-state index is 15.0. The Kier molecular flexibility index (Phi) is 5.14. The van der Waals surface area contributed by atoms with Crippen molar-refractivity contribution in [2.45, 2.75) is 31.6 Å². The molecule has 4 rings (SSSR count). The van der Waals surface area contributed by atoms with Gasteiger partial charge in [-0.15, -0.1) is 5.10 Å². The number of nitrogens with zero attached hydrogens (tertiary/aromatic N) is 5. The van der Waals surface area contributed by atoms with Crippen molar-refractivity contribution in [3.8, 4) is 6.08 Å². The number of anilines is 2. The summed E-state index contributed by atoms with van der Waals surface area (Å²) in [7, 11) is 0. The van der Waals surface area contributed by atoms with Gasteiger partial charge in [0.2, 0.25) is 11.7 Å². The zero-order valence-corrected chi connectivity index (χ0v) is 15.4. The number of aromatic hydroxyl groups is 1. The number of rotatable bonds is 5. The van der Waals surface area contributed by atoms with Crippen LogP contribution in [0.2, 0.25) is 0 Å². The lowest BCUT2D eigenvalue weighted by molar-refractivity contribution is -0.137.